The molecule has 0 amide bonds. The summed E-state index contributed by atoms with van der Waals surface area (Å²) < 4.78 is 27.9. The third-order valence-electron chi connectivity index (χ3n) is 5.16. The summed E-state index contributed by atoms with van der Waals surface area (Å²) in [4.78, 5) is 0. The molecule has 3 rings (SSSR count). The standard InChI is InChI=1S/C18H22F2O/c1-2-12-3-5-13(6-4-12)14-7-9-16-15(11-14)8-10-17(21)18(16,19)20/h7-13,17,21H,2-6H2,1H3. The van der Waals surface area contributed by atoms with Crippen LogP contribution in [0.4, 0.5) is 8.78 Å². The van der Waals surface area contributed by atoms with Crippen molar-refractivity contribution in [3.05, 3.63) is 41.0 Å². The van der Waals surface area contributed by atoms with E-state index in [-0.39, 0.29) is 5.56 Å². The molecule has 1 aromatic rings. The third-order valence-corrected chi connectivity index (χ3v) is 5.16. The summed E-state index contributed by atoms with van der Waals surface area (Å²) in [7, 11) is 0. The Balaban J connectivity index is 1.84. The molecule has 0 saturated heterocycles. The number of halogens is 2. The zero-order valence-corrected chi connectivity index (χ0v) is 12.4. The molecule has 1 fully saturated rings. The Morgan fingerprint density at radius 3 is 2.57 bits per heavy atom. The molecular formula is C18H22F2O. The average molecular weight is 292 g/mol. The van der Waals surface area contributed by atoms with Gasteiger partial charge in [0.25, 0.3) is 0 Å². The van der Waals surface area contributed by atoms with Gasteiger partial charge in [0.1, 0.15) is 6.10 Å². The Bertz CT molecular complexity index is 542. The molecule has 0 bridgehead atoms. The van der Waals surface area contributed by atoms with Crippen molar-refractivity contribution in [2.45, 2.75) is 57.0 Å². The molecule has 0 radical (unpaired) electrons. The van der Waals surface area contributed by atoms with Gasteiger partial charge >= 0.3 is 5.92 Å². The van der Waals surface area contributed by atoms with Crippen LogP contribution in [-0.2, 0) is 5.92 Å². The van der Waals surface area contributed by atoms with Gasteiger partial charge in [0.2, 0.25) is 0 Å². The molecule has 1 nitrogen and oxygen atoms in total. The lowest BCUT2D eigenvalue weighted by Crippen LogP contribution is -2.32. The minimum Gasteiger partial charge on any atom is -0.382 e. The molecule has 1 N–H and O–H groups in total. The van der Waals surface area contributed by atoms with Crippen molar-refractivity contribution in [3.63, 3.8) is 0 Å². The minimum absolute atomic E-state index is 0.0523. The Hall–Kier alpha value is -1.22. The Morgan fingerprint density at radius 2 is 1.90 bits per heavy atom. The molecule has 114 valence electrons. The van der Waals surface area contributed by atoms with E-state index in [1.807, 2.05) is 12.1 Å². The van der Waals surface area contributed by atoms with E-state index in [0.717, 1.165) is 18.8 Å². The number of hydrogen-bond donors (Lipinski definition) is 1. The summed E-state index contributed by atoms with van der Waals surface area (Å²) in [5, 5.41) is 9.42. The van der Waals surface area contributed by atoms with Gasteiger partial charge < -0.3 is 5.11 Å². The first-order chi connectivity index (χ1) is 10.0. The molecule has 0 spiro atoms. The zero-order chi connectivity index (χ0) is 15.0. The van der Waals surface area contributed by atoms with E-state index in [1.54, 1.807) is 6.08 Å². The maximum absolute atomic E-state index is 14.0. The molecule has 3 heteroatoms. The molecule has 0 aliphatic heterocycles. The maximum Gasteiger partial charge on any atom is 0.302 e. The molecule has 0 aromatic heterocycles. The molecule has 1 atom stereocenters. The molecule has 2 aliphatic rings. The molecule has 1 saturated carbocycles. The van der Waals surface area contributed by atoms with Gasteiger partial charge in [-0.25, -0.2) is 0 Å². The van der Waals surface area contributed by atoms with Crippen LogP contribution in [0.2, 0.25) is 0 Å². The lowest BCUT2D eigenvalue weighted by molar-refractivity contribution is -0.0940. The maximum atomic E-state index is 14.0. The van der Waals surface area contributed by atoms with Crippen LogP contribution in [0, 0.1) is 5.92 Å². The van der Waals surface area contributed by atoms with Crippen molar-refractivity contribution < 1.29 is 13.9 Å². The molecule has 2 aliphatic carbocycles. The fraction of sp³-hybridized carbons (Fsp3) is 0.556. The summed E-state index contributed by atoms with van der Waals surface area (Å²) in [6, 6.07) is 5.22. The van der Waals surface area contributed by atoms with Gasteiger partial charge in [-0.3, -0.25) is 0 Å². The summed E-state index contributed by atoms with van der Waals surface area (Å²) >= 11 is 0. The topological polar surface area (TPSA) is 20.2 Å². The number of hydrogen-bond acceptors (Lipinski definition) is 1. The highest BCUT2D eigenvalue weighted by Crippen LogP contribution is 2.42. The Labute approximate surface area is 124 Å². The monoisotopic (exact) mass is 292 g/mol. The van der Waals surface area contributed by atoms with Crippen LogP contribution in [0.15, 0.2) is 24.3 Å². The third kappa shape index (κ3) is 2.64. The van der Waals surface area contributed by atoms with Crippen LogP contribution in [0.25, 0.3) is 6.08 Å². The largest absolute Gasteiger partial charge is 0.382 e. The number of rotatable bonds is 2. The summed E-state index contributed by atoms with van der Waals surface area (Å²) in [6.45, 7) is 2.24. The van der Waals surface area contributed by atoms with Gasteiger partial charge in [0.15, 0.2) is 0 Å². The molecular weight excluding hydrogens is 270 g/mol. The van der Waals surface area contributed by atoms with E-state index in [2.05, 4.69) is 6.92 Å². The number of alkyl halides is 2. The number of benzene rings is 1. The highest BCUT2D eigenvalue weighted by atomic mass is 19.3. The second-order valence-electron chi connectivity index (χ2n) is 6.40. The van der Waals surface area contributed by atoms with E-state index < -0.39 is 12.0 Å². The van der Waals surface area contributed by atoms with Crippen LogP contribution < -0.4 is 0 Å². The molecule has 1 unspecified atom stereocenters. The average Bonchev–Trinajstić information content (AvgIpc) is 2.51. The predicted octanol–water partition coefficient (Wildman–Crippen LogP) is 4.85. The van der Waals surface area contributed by atoms with E-state index in [1.165, 1.54) is 37.0 Å². The van der Waals surface area contributed by atoms with Crippen molar-refractivity contribution in [2.75, 3.05) is 0 Å². The number of aliphatic hydroxyl groups excluding tert-OH is 1. The summed E-state index contributed by atoms with van der Waals surface area (Å²) in [5.74, 6) is -1.85. The summed E-state index contributed by atoms with van der Waals surface area (Å²) in [5.41, 5.74) is 1.67. The SMILES string of the molecule is CCC1CCC(c2ccc3c(c2)C=CC(O)C3(F)F)CC1. The Kier molecular flexibility index (Phi) is 3.87. The van der Waals surface area contributed by atoms with E-state index in [4.69, 9.17) is 0 Å². The van der Waals surface area contributed by atoms with Gasteiger partial charge in [0.05, 0.1) is 0 Å². The second kappa shape index (κ2) is 5.53. The highest BCUT2D eigenvalue weighted by molar-refractivity contribution is 5.60. The van der Waals surface area contributed by atoms with E-state index >= 15 is 0 Å². The van der Waals surface area contributed by atoms with Crippen LogP contribution in [0.3, 0.4) is 0 Å². The number of fused-ring (bicyclic) bond motifs is 1. The van der Waals surface area contributed by atoms with Gasteiger partial charge in [-0.05, 0) is 54.7 Å². The van der Waals surface area contributed by atoms with E-state index in [9.17, 15) is 13.9 Å². The molecule has 21 heavy (non-hydrogen) atoms. The number of aliphatic hydroxyl groups is 1. The van der Waals surface area contributed by atoms with Crippen molar-refractivity contribution in [2.24, 2.45) is 5.92 Å². The first-order valence-corrected chi connectivity index (χ1v) is 7.91. The molecule has 1 aromatic carbocycles. The second-order valence-corrected chi connectivity index (χ2v) is 6.40. The quantitative estimate of drug-likeness (QED) is 0.826. The first kappa shape index (κ1) is 14.7. The lowest BCUT2D eigenvalue weighted by atomic mass is 9.77. The first-order valence-electron chi connectivity index (χ1n) is 7.91. The fourth-order valence-corrected chi connectivity index (χ4v) is 3.66. The highest BCUT2D eigenvalue weighted by Gasteiger charge is 2.42. The van der Waals surface area contributed by atoms with Crippen molar-refractivity contribution >= 4 is 6.08 Å². The van der Waals surface area contributed by atoms with Crippen LogP contribution in [-0.4, -0.2) is 11.2 Å². The smallest absolute Gasteiger partial charge is 0.302 e. The fourth-order valence-electron chi connectivity index (χ4n) is 3.66. The zero-order valence-electron chi connectivity index (χ0n) is 12.4. The predicted molar refractivity (Wildman–Crippen MR) is 80.4 cm³/mol. The van der Waals surface area contributed by atoms with Gasteiger partial charge in [-0.15, -0.1) is 0 Å². The molecule has 0 heterocycles. The Morgan fingerprint density at radius 1 is 1.19 bits per heavy atom. The van der Waals surface area contributed by atoms with Crippen molar-refractivity contribution in [1.29, 1.82) is 0 Å². The minimum atomic E-state index is -3.18. The van der Waals surface area contributed by atoms with Crippen LogP contribution in [0.1, 0.15) is 61.6 Å². The van der Waals surface area contributed by atoms with Gasteiger partial charge in [-0.1, -0.05) is 37.6 Å². The van der Waals surface area contributed by atoms with Crippen LogP contribution in [0.5, 0.6) is 0 Å². The van der Waals surface area contributed by atoms with Gasteiger partial charge in [0, 0.05) is 5.56 Å². The van der Waals surface area contributed by atoms with Crippen molar-refractivity contribution in [1.82, 2.24) is 0 Å². The van der Waals surface area contributed by atoms with Crippen LogP contribution >= 0.6 is 0 Å². The lowest BCUT2D eigenvalue weighted by Gasteiger charge is -2.30. The van der Waals surface area contributed by atoms with Crippen molar-refractivity contribution in [3.8, 4) is 0 Å². The summed E-state index contributed by atoms with van der Waals surface area (Å²) in [6.07, 6.45) is 7.13. The van der Waals surface area contributed by atoms with Gasteiger partial charge in [-0.2, -0.15) is 8.78 Å². The normalized spacial score (nSPS) is 31.0. The van der Waals surface area contributed by atoms with E-state index in [0.29, 0.717) is 11.5 Å².